The van der Waals surface area contributed by atoms with E-state index in [1.165, 1.54) is 44.2 Å². The van der Waals surface area contributed by atoms with Crippen LogP contribution < -0.4 is 31.3 Å². The average Bonchev–Trinajstić information content (AvgIpc) is 0.903. The number of methoxy groups -OCH3 is 2. The standard InChI is InChI=1S/C49H74N4O25.C44H76N4O7.CO2.CH4/c1-30(54)72-27-32-3-5-37(76-48-42(60)39(57)36(56)29-74-48)34(25-32)45(62)51-7-12-66-17-19-68-14-9-53(11-16-70-21-22-71-23-24-75-50)10-15-69-20-18-67-13-8-52-46(63)35-26-33(28-73-31(2)55)4-6-38(35)77-49-43(61)40(58)41(59)44(78-49)47(64)65;1-16-29(6)39(46(12)43(53)33(27(2)3)25-35(49)38(28(4)5)47(13)44(9,10)11)36(54-14)26-37(50)48-24-20-23-34(48)41(55-15)30(7)42(52)45-31(8)40(51)32-21-18-17-19-22-32;2-1-3;/h3-6,25-26,36,39-44,48-49,56-61H,7-24,27-29,50H2,1-2H3,(H,51,62)(H,52,63)(H,64,65);17-19,21-22,27-31,33-34,36,38-41,51H,16,20,23-26H2,1-15H3,(H,45,52);;1H4/t36-,39+,40+,41+,42-,43-,44+,48+,49-;29?,30-,31-,33+,34+,36-,38+,39+,40-,41-;;/m11../s1. The Morgan fingerprint density at radius 1 is 0.620 bits per heavy atom. The Balaban J connectivity index is 0.000000720. The third-order valence-electron chi connectivity index (χ3n) is 23.6. The fraction of sp³-hybridized carbons (Fsp3) is 0.705. The van der Waals surface area contributed by atoms with Gasteiger partial charge in [0.15, 0.2) is 11.9 Å². The number of rotatable bonds is 59. The maximum atomic E-state index is 14.5. The minimum Gasteiger partial charge on any atom is -0.479 e. The number of carbonyl (C=O) groups excluding carboxylic acids is 10. The van der Waals surface area contributed by atoms with Crippen molar-refractivity contribution in [2.75, 3.05) is 160 Å². The Morgan fingerprint density at radius 2 is 1.10 bits per heavy atom. The van der Waals surface area contributed by atoms with E-state index in [2.05, 4.69) is 79.1 Å². The first-order valence-electron chi connectivity index (χ1n) is 46.0. The van der Waals surface area contributed by atoms with Crippen LogP contribution in [0.4, 0.5) is 0 Å². The molecule has 137 heavy (non-hydrogen) atoms. The fourth-order valence-corrected chi connectivity index (χ4v) is 15.5. The lowest BCUT2D eigenvalue weighted by Gasteiger charge is -2.42. The molecule has 0 aromatic heterocycles. The first-order valence-corrected chi connectivity index (χ1v) is 46.0. The number of carbonyl (C=O) groups is 9. The van der Waals surface area contributed by atoms with Crippen LogP contribution in [0.2, 0.25) is 0 Å². The van der Waals surface area contributed by atoms with Crippen molar-refractivity contribution < 1.29 is 165 Å². The lowest BCUT2D eigenvalue weighted by Crippen LogP contribution is -2.61. The van der Waals surface area contributed by atoms with Crippen molar-refractivity contribution in [1.82, 2.24) is 35.6 Å². The summed E-state index contributed by atoms with van der Waals surface area (Å²) in [5.74, 6) is -0.652. The van der Waals surface area contributed by atoms with Crippen LogP contribution in [0.15, 0.2) is 66.7 Å². The number of likely N-dealkylation sites (tertiary alicyclic amines) is 1. The van der Waals surface area contributed by atoms with E-state index >= 15 is 0 Å². The molecular weight excluding hydrogens is 1800 g/mol. The molecule has 3 aliphatic heterocycles. The summed E-state index contributed by atoms with van der Waals surface area (Å²) >= 11 is 0. The highest BCUT2D eigenvalue weighted by molar-refractivity contribution is 5.98. The average molecular weight is 1950 g/mol. The largest absolute Gasteiger partial charge is 0.479 e. The summed E-state index contributed by atoms with van der Waals surface area (Å²) in [6, 6.07) is 16.2. The Morgan fingerprint density at radius 3 is 1.55 bits per heavy atom. The van der Waals surface area contributed by atoms with Crippen LogP contribution in [0.3, 0.4) is 0 Å². The molecule has 3 heterocycles. The topological polar surface area (TPSA) is 563 Å². The number of hydrogen-bond acceptors (Lipinski definition) is 36. The van der Waals surface area contributed by atoms with Crippen molar-refractivity contribution in [2.45, 2.75) is 246 Å². The van der Waals surface area contributed by atoms with Crippen molar-refractivity contribution >= 4 is 59.4 Å². The van der Waals surface area contributed by atoms with Crippen LogP contribution in [0.1, 0.15) is 173 Å². The van der Waals surface area contributed by atoms with E-state index in [0.717, 1.165) is 12.8 Å². The number of benzene rings is 3. The van der Waals surface area contributed by atoms with Crippen LogP contribution in [-0.4, -0.2) is 377 Å². The molecule has 3 aromatic carbocycles. The van der Waals surface area contributed by atoms with Crippen LogP contribution in [0.5, 0.6) is 11.5 Å². The number of aliphatic hydroxyl groups excluding tert-OH is 7. The number of aliphatic carboxylic acids is 1. The summed E-state index contributed by atoms with van der Waals surface area (Å²) in [4.78, 5) is 146. The number of carboxylic acid groups (broad SMARTS) is 1. The number of ketones is 1. The molecule has 3 aliphatic rings. The lowest BCUT2D eigenvalue weighted by molar-refractivity contribution is -0.271. The van der Waals surface area contributed by atoms with Crippen LogP contribution in [-0.2, 0) is 118 Å². The van der Waals surface area contributed by atoms with Gasteiger partial charge in [-0.2, -0.15) is 9.59 Å². The molecule has 19 atom stereocenters. The first kappa shape index (κ1) is 122. The number of Topliss-reactive ketones (excluding diaryl/α,β-unsaturated/α-hetero) is 1. The van der Waals surface area contributed by atoms with Gasteiger partial charge in [0.2, 0.25) is 30.3 Å². The second kappa shape index (κ2) is 64.5. The molecule has 3 fully saturated rings. The van der Waals surface area contributed by atoms with Gasteiger partial charge < -0.3 is 138 Å². The highest BCUT2D eigenvalue weighted by Crippen LogP contribution is 2.35. The Bertz CT molecular complexity index is 4090. The van der Waals surface area contributed by atoms with E-state index in [1.54, 1.807) is 46.1 Å². The lowest BCUT2D eigenvalue weighted by atomic mass is 9.83. The molecule has 0 radical (unpaired) electrons. The number of nitrogens with zero attached hydrogens (tertiary/aromatic N) is 4. The Labute approximate surface area is 803 Å². The second-order valence-electron chi connectivity index (χ2n) is 35.2. The van der Waals surface area contributed by atoms with Crippen molar-refractivity contribution in [3.63, 3.8) is 0 Å². The second-order valence-corrected chi connectivity index (χ2v) is 35.2. The molecular formula is C95H154N8O34. The summed E-state index contributed by atoms with van der Waals surface area (Å²) < 4.78 is 78.0. The molecule has 0 aliphatic carbocycles. The third kappa shape index (κ3) is 41.1. The summed E-state index contributed by atoms with van der Waals surface area (Å²) in [6.45, 7) is 29.6. The van der Waals surface area contributed by atoms with Gasteiger partial charge in [-0.1, -0.05) is 105 Å². The highest BCUT2D eigenvalue weighted by Gasteiger charge is 2.50. The van der Waals surface area contributed by atoms with E-state index in [9.17, 15) is 84.0 Å². The number of likely N-dealkylation sites (N-methyl/N-ethyl adjacent to an activating group) is 2. The van der Waals surface area contributed by atoms with Crippen LogP contribution in [0, 0.1) is 29.6 Å². The van der Waals surface area contributed by atoms with E-state index in [1.807, 2.05) is 56.1 Å². The monoisotopic (exact) mass is 1950 g/mol. The number of amides is 5. The molecule has 42 heteroatoms. The van der Waals surface area contributed by atoms with Crippen LogP contribution in [0.25, 0.3) is 0 Å². The van der Waals surface area contributed by atoms with Crippen molar-refractivity contribution in [2.24, 2.45) is 35.5 Å². The summed E-state index contributed by atoms with van der Waals surface area (Å²) in [6.07, 6.45) is -14.7. The predicted molar refractivity (Wildman–Crippen MR) is 494 cm³/mol. The van der Waals surface area contributed by atoms with Crippen molar-refractivity contribution in [3.05, 3.63) is 94.5 Å². The van der Waals surface area contributed by atoms with Gasteiger partial charge in [-0.05, 0) is 106 Å². The number of hydrogen-bond donors (Lipinski definition) is 12. The molecule has 42 nitrogen and oxygen atoms in total. The van der Waals surface area contributed by atoms with E-state index < -0.39 is 127 Å². The van der Waals surface area contributed by atoms with Gasteiger partial charge in [-0.15, -0.1) is 0 Å². The number of nitrogens with two attached hydrogens (primary N) is 1. The molecule has 0 saturated carbocycles. The molecule has 6 rings (SSSR count). The zero-order valence-electron chi connectivity index (χ0n) is 81.6. The minimum absolute atomic E-state index is 0. The smallest absolute Gasteiger partial charge is 0.373 e. The predicted octanol–water partition coefficient (Wildman–Crippen LogP) is 2.54. The quantitative estimate of drug-likeness (QED) is 0.0219. The number of aliphatic hydroxyl groups is 7. The van der Waals surface area contributed by atoms with Crippen molar-refractivity contribution in [1.29, 1.82) is 0 Å². The molecule has 778 valence electrons. The summed E-state index contributed by atoms with van der Waals surface area (Å²) in [7, 11) is 6.91. The fourth-order valence-electron chi connectivity index (χ4n) is 15.5. The van der Waals surface area contributed by atoms with Crippen LogP contribution >= 0.6 is 0 Å². The van der Waals surface area contributed by atoms with Gasteiger partial charge in [-0.25, -0.2) is 10.7 Å². The number of ether oxygens (including phenoxy) is 14. The Hall–Kier alpha value is -8.77. The number of carboxylic acids is 1. The molecule has 3 aromatic rings. The first-order chi connectivity index (χ1) is 64.5. The van der Waals surface area contributed by atoms with Gasteiger partial charge in [0.25, 0.3) is 11.8 Å². The SMILES string of the molecule is C.CC(=O)OCc1ccc(O[C@@H]2O[C@H](C(=O)O)[C@@H](O)[C@H](O)[C@H]2O)c(C(=O)NCCOCCOCCN(CCOCCOCCNC(=O)c2cc(COC(C)=O)ccc2O[C@@H]2OC[C@@H](O)[C@H](O)[C@H]2O)CCOCCOCCON)c1.CCC(C)[C@@H]([C@@H](CC(=O)N1CCC[C@H]1[C@H](OC)[C@@H](C)C(=O)N[C@H](C)[C@@H](O)c1ccccc1)OC)N(C)C(=O)[C@@H](CC(=O)[C@H](C(C)C)N(C)C(C)(C)C)C(C)C.O=C=O. The maximum absolute atomic E-state index is 14.5. The molecule has 3 saturated heterocycles. The number of nitrogens with one attached hydrogen (secondary N) is 3. The zero-order valence-corrected chi connectivity index (χ0v) is 81.6. The molecule has 0 spiro atoms. The summed E-state index contributed by atoms with van der Waals surface area (Å²) in [5, 5.41) is 89.6. The normalized spacial score (nSPS) is 20.7. The number of esters is 2. The van der Waals surface area contributed by atoms with Gasteiger partial charge >= 0.3 is 24.1 Å². The van der Waals surface area contributed by atoms with Gasteiger partial charge in [0.1, 0.15) is 61.3 Å². The van der Waals surface area contributed by atoms with Gasteiger partial charge in [0, 0.05) is 92.3 Å². The molecule has 13 N–H and O–H groups in total. The maximum Gasteiger partial charge on any atom is 0.373 e. The molecule has 1 unspecified atom stereocenters. The molecule has 0 bridgehead atoms. The zero-order chi connectivity index (χ0) is 101. The third-order valence-corrected chi connectivity index (χ3v) is 23.6. The van der Waals surface area contributed by atoms with Gasteiger partial charge in [-0.3, -0.25) is 48.2 Å². The van der Waals surface area contributed by atoms with Crippen molar-refractivity contribution in [3.8, 4) is 11.5 Å². The highest BCUT2D eigenvalue weighted by atomic mass is 16.7. The van der Waals surface area contributed by atoms with Gasteiger partial charge in [0.05, 0.1) is 158 Å². The minimum atomic E-state index is -1.95. The summed E-state index contributed by atoms with van der Waals surface area (Å²) in [5.41, 5.74) is 1.30. The van der Waals surface area contributed by atoms with E-state index in [0.29, 0.717) is 88.9 Å². The molecule has 5 amide bonds. The van der Waals surface area contributed by atoms with E-state index in [-0.39, 0.29) is 187 Å². The Kier molecular flexibility index (Phi) is 57.7. The van der Waals surface area contributed by atoms with E-state index in [4.69, 9.17) is 81.8 Å².